The number of hydrogen-bond acceptors (Lipinski definition) is 3. The molecule has 1 atom stereocenters. The summed E-state index contributed by atoms with van der Waals surface area (Å²) in [6, 6.07) is 15.9. The number of sulfone groups is 1. The fourth-order valence-electron chi connectivity index (χ4n) is 3.22. The van der Waals surface area contributed by atoms with E-state index < -0.39 is 15.1 Å². The van der Waals surface area contributed by atoms with Crippen LogP contribution in [0.25, 0.3) is 0 Å². The molecule has 1 fully saturated rings. The number of nitrogens with one attached hydrogen (secondary N) is 1. The highest BCUT2D eigenvalue weighted by molar-refractivity contribution is 7.92. The number of rotatable bonds is 3. The Balaban J connectivity index is 1.64. The van der Waals surface area contributed by atoms with E-state index in [1.807, 2.05) is 24.3 Å². The maximum absolute atomic E-state index is 12.7. The van der Waals surface area contributed by atoms with Crippen LogP contribution in [0.1, 0.15) is 32.8 Å². The minimum atomic E-state index is -3.42. The van der Waals surface area contributed by atoms with Crippen LogP contribution in [-0.2, 0) is 15.3 Å². The van der Waals surface area contributed by atoms with Crippen LogP contribution in [-0.4, -0.2) is 37.7 Å². The van der Waals surface area contributed by atoms with E-state index in [-0.39, 0.29) is 18.0 Å². The van der Waals surface area contributed by atoms with Gasteiger partial charge in [0, 0.05) is 18.8 Å². The third-order valence-electron chi connectivity index (χ3n) is 4.94. The number of nitrogens with zero attached hydrogens (tertiary/aromatic N) is 1. The van der Waals surface area contributed by atoms with Crippen LogP contribution >= 0.6 is 0 Å². The molecule has 2 aromatic rings. The minimum absolute atomic E-state index is 0.0521. The van der Waals surface area contributed by atoms with E-state index in [9.17, 15) is 13.2 Å². The molecule has 0 bridgehead atoms. The lowest BCUT2D eigenvalue weighted by molar-refractivity contribution is 0.222. The largest absolute Gasteiger partial charge is 0.323 e. The Kier molecular flexibility index (Phi) is 5.29. The molecule has 0 radical (unpaired) electrons. The van der Waals surface area contributed by atoms with Crippen molar-refractivity contribution >= 4 is 21.6 Å². The van der Waals surface area contributed by atoms with Crippen molar-refractivity contribution in [2.75, 3.05) is 18.4 Å². The quantitative estimate of drug-likeness (QED) is 0.865. The molecule has 1 saturated heterocycles. The molecule has 1 heterocycles. The SMILES string of the molecule is CC(C)(C)c1ccc(NC(=O)N2CC[C@H](S(=O)(=O)c3ccccc3)C2)cc1. The Morgan fingerprint density at radius 3 is 2.26 bits per heavy atom. The van der Waals surface area contributed by atoms with E-state index in [1.165, 1.54) is 5.56 Å². The molecule has 27 heavy (non-hydrogen) atoms. The van der Waals surface area contributed by atoms with Gasteiger partial charge in [0.05, 0.1) is 10.1 Å². The van der Waals surface area contributed by atoms with Gasteiger partial charge in [-0.2, -0.15) is 0 Å². The number of anilines is 1. The summed E-state index contributed by atoms with van der Waals surface area (Å²) in [5.41, 5.74) is 1.95. The summed E-state index contributed by atoms with van der Waals surface area (Å²) in [6.07, 6.45) is 0.452. The zero-order valence-electron chi connectivity index (χ0n) is 16.0. The maximum atomic E-state index is 12.7. The first-order valence-corrected chi connectivity index (χ1v) is 10.7. The number of benzene rings is 2. The van der Waals surface area contributed by atoms with Gasteiger partial charge in [0.2, 0.25) is 0 Å². The first-order valence-electron chi connectivity index (χ1n) is 9.13. The Labute approximate surface area is 161 Å². The fraction of sp³-hybridized carbons (Fsp3) is 0.381. The van der Waals surface area contributed by atoms with Gasteiger partial charge in [-0.05, 0) is 41.7 Å². The van der Waals surface area contributed by atoms with Crippen molar-refractivity contribution < 1.29 is 13.2 Å². The van der Waals surface area contributed by atoms with Gasteiger partial charge in [0.25, 0.3) is 0 Å². The third-order valence-corrected chi connectivity index (χ3v) is 7.14. The number of hydrogen-bond donors (Lipinski definition) is 1. The molecule has 0 spiro atoms. The zero-order chi connectivity index (χ0) is 19.7. The second-order valence-electron chi connectivity index (χ2n) is 7.97. The molecule has 5 nitrogen and oxygen atoms in total. The summed E-state index contributed by atoms with van der Waals surface area (Å²) >= 11 is 0. The van der Waals surface area contributed by atoms with Crippen molar-refractivity contribution in [3.05, 3.63) is 60.2 Å². The molecule has 0 aliphatic carbocycles. The van der Waals surface area contributed by atoms with Crippen molar-refractivity contribution in [1.82, 2.24) is 4.90 Å². The first-order chi connectivity index (χ1) is 12.7. The lowest BCUT2D eigenvalue weighted by Gasteiger charge is -2.20. The second kappa shape index (κ2) is 7.35. The Morgan fingerprint density at radius 2 is 1.67 bits per heavy atom. The number of likely N-dealkylation sites (tertiary alicyclic amines) is 1. The van der Waals surface area contributed by atoms with Gasteiger partial charge in [-0.15, -0.1) is 0 Å². The standard InChI is InChI=1S/C21H26N2O3S/c1-21(2,3)16-9-11-17(12-10-16)22-20(24)23-14-13-19(15-23)27(25,26)18-7-5-4-6-8-18/h4-12,19H,13-15H2,1-3H3,(H,22,24)/t19-/m0/s1. The van der Waals surface area contributed by atoms with Crippen LogP contribution < -0.4 is 5.32 Å². The van der Waals surface area contributed by atoms with Crippen molar-refractivity contribution in [1.29, 1.82) is 0 Å². The van der Waals surface area contributed by atoms with Crippen LogP contribution in [0, 0.1) is 0 Å². The van der Waals surface area contributed by atoms with E-state index in [0.717, 1.165) is 0 Å². The van der Waals surface area contributed by atoms with Crippen LogP contribution in [0.2, 0.25) is 0 Å². The van der Waals surface area contributed by atoms with E-state index >= 15 is 0 Å². The third kappa shape index (κ3) is 4.33. The maximum Gasteiger partial charge on any atom is 0.321 e. The molecule has 144 valence electrons. The van der Waals surface area contributed by atoms with Gasteiger partial charge in [-0.25, -0.2) is 13.2 Å². The molecule has 3 rings (SSSR count). The summed E-state index contributed by atoms with van der Waals surface area (Å²) in [6.45, 7) is 7.06. The number of carbonyl (C=O) groups is 1. The molecule has 6 heteroatoms. The average Bonchev–Trinajstić information content (AvgIpc) is 3.13. The summed E-state index contributed by atoms with van der Waals surface area (Å²) < 4.78 is 25.5. The number of carbonyl (C=O) groups excluding carboxylic acids is 1. The molecule has 0 aromatic heterocycles. The molecule has 1 aliphatic heterocycles. The summed E-state index contributed by atoms with van der Waals surface area (Å²) in [7, 11) is -3.42. The lowest BCUT2D eigenvalue weighted by Crippen LogP contribution is -2.35. The summed E-state index contributed by atoms with van der Waals surface area (Å²) in [5.74, 6) is 0. The first kappa shape index (κ1) is 19.4. The van der Waals surface area contributed by atoms with Crippen LogP contribution in [0.15, 0.2) is 59.5 Å². The van der Waals surface area contributed by atoms with Crippen LogP contribution in [0.5, 0.6) is 0 Å². The summed E-state index contributed by atoms with van der Waals surface area (Å²) in [5, 5.41) is 2.31. The zero-order valence-corrected chi connectivity index (χ0v) is 16.8. The van der Waals surface area contributed by atoms with Crippen molar-refractivity contribution in [3.8, 4) is 0 Å². The molecule has 2 amide bonds. The van der Waals surface area contributed by atoms with E-state index in [0.29, 0.717) is 23.5 Å². The Bertz CT molecular complexity index is 901. The van der Waals surface area contributed by atoms with Crippen molar-refractivity contribution in [2.45, 2.75) is 42.8 Å². The average molecular weight is 387 g/mol. The van der Waals surface area contributed by atoms with Gasteiger partial charge < -0.3 is 10.2 Å². The van der Waals surface area contributed by atoms with Crippen LogP contribution in [0.3, 0.4) is 0 Å². The van der Waals surface area contributed by atoms with Crippen molar-refractivity contribution in [3.63, 3.8) is 0 Å². The predicted octanol–water partition coefficient (Wildman–Crippen LogP) is 4.06. The smallest absolute Gasteiger partial charge is 0.321 e. The predicted molar refractivity (Wildman–Crippen MR) is 108 cm³/mol. The lowest BCUT2D eigenvalue weighted by atomic mass is 9.87. The highest BCUT2D eigenvalue weighted by Crippen LogP contribution is 2.26. The second-order valence-corrected chi connectivity index (χ2v) is 10.2. The monoisotopic (exact) mass is 386 g/mol. The highest BCUT2D eigenvalue weighted by Gasteiger charge is 2.36. The topological polar surface area (TPSA) is 66.5 Å². The van der Waals surface area contributed by atoms with E-state index in [4.69, 9.17) is 0 Å². The van der Waals surface area contributed by atoms with Crippen molar-refractivity contribution in [2.24, 2.45) is 0 Å². The van der Waals surface area contributed by atoms with E-state index in [1.54, 1.807) is 35.2 Å². The van der Waals surface area contributed by atoms with E-state index in [2.05, 4.69) is 26.1 Å². The summed E-state index contributed by atoms with van der Waals surface area (Å²) in [4.78, 5) is 14.4. The Hall–Kier alpha value is -2.34. The van der Waals surface area contributed by atoms with Crippen LogP contribution in [0.4, 0.5) is 10.5 Å². The van der Waals surface area contributed by atoms with Gasteiger partial charge >= 0.3 is 6.03 Å². The molecule has 1 N–H and O–H groups in total. The Morgan fingerprint density at radius 1 is 1.04 bits per heavy atom. The van der Waals surface area contributed by atoms with Gasteiger partial charge in [-0.3, -0.25) is 0 Å². The molecule has 0 saturated carbocycles. The number of urea groups is 1. The molecule has 0 unspecified atom stereocenters. The molecular formula is C21H26N2O3S. The highest BCUT2D eigenvalue weighted by atomic mass is 32.2. The number of amides is 2. The normalized spacial score (nSPS) is 17.7. The van der Waals surface area contributed by atoms with Gasteiger partial charge in [0.15, 0.2) is 9.84 Å². The van der Waals surface area contributed by atoms with Gasteiger partial charge in [-0.1, -0.05) is 51.1 Å². The fourth-order valence-corrected chi connectivity index (χ4v) is 4.94. The van der Waals surface area contributed by atoms with Gasteiger partial charge in [0.1, 0.15) is 0 Å². The molecule has 2 aromatic carbocycles. The molecular weight excluding hydrogens is 360 g/mol. The minimum Gasteiger partial charge on any atom is -0.323 e. The molecule has 1 aliphatic rings.